The van der Waals surface area contributed by atoms with Gasteiger partial charge in [-0.25, -0.2) is 0 Å². The molecule has 0 aromatic heterocycles. The number of hydrogen-bond donors (Lipinski definition) is 2. The maximum absolute atomic E-state index is 12.2. The standard InChI is InChI=1S/C14H22N4O3/c1-14(2,9-17(3)4)8-16-13(19)10-6-5-7-11(15)12(10)18(20)21/h5-7H,8-9,15H2,1-4H3,(H,16,19). The van der Waals surface area contributed by atoms with Crippen molar-refractivity contribution in [2.75, 3.05) is 32.9 Å². The first-order valence-electron chi connectivity index (χ1n) is 6.60. The summed E-state index contributed by atoms with van der Waals surface area (Å²) >= 11 is 0. The van der Waals surface area contributed by atoms with Crippen LogP contribution >= 0.6 is 0 Å². The summed E-state index contributed by atoms with van der Waals surface area (Å²) in [5.41, 5.74) is 5.06. The van der Waals surface area contributed by atoms with Gasteiger partial charge >= 0.3 is 5.69 Å². The lowest BCUT2D eigenvalue weighted by Gasteiger charge is -2.28. The summed E-state index contributed by atoms with van der Waals surface area (Å²) in [6.45, 7) is 5.23. The summed E-state index contributed by atoms with van der Waals surface area (Å²) in [6, 6.07) is 4.34. The number of nitro groups is 1. The number of nitro benzene ring substituents is 1. The van der Waals surface area contributed by atoms with Crippen molar-refractivity contribution in [2.45, 2.75) is 13.8 Å². The molecule has 0 aliphatic heterocycles. The van der Waals surface area contributed by atoms with Crippen molar-refractivity contribution < 1.29 is 9.72 Å². The zero-order chi connectivity index (χ0) is 16.2. The van der Waals surface area contributed by atoms with Crippen molar-refractivity contribution in [3.8, 4) is 0 Å². The molecule has 21 heavy (non-hydrogen) atoms. The number of carbonyl (C=O) groups is 1. The molecule has 0 fully saturated rings. The van der Waals surface area contributed by atoms with E-state index in [0.29, 0.717) is 6.54 Å². The predicted molar refractivity (Wildman–Crippen MR) is 82.2 cm³/mol. The van der Waals surface area contributed by atoms with Crippen LogP contribution < -0.4 is 11.1 Å². The number of carbonyl (C=O) groups excluding carboxylic acids is 1. The molecular formula is C14H22N4O3. The Morgan fingerprint density at radius 3 is 2.57 bits per heavy atom. The van der Waals surface area contributed by atoms with E-state index in [1.807, 2.05) is 32.8 Å². The Morgan fingerprint density at radius 2 is 2.05 bits per heavy atom. The molecule has 1 aromatic carbocycles. The molecule has 7 heteroatoms. The fourth-order valence-electron chi connectivity index (χ4n) is 2.28. The highest BCUT2D eigenvalue weighted by atomic mass is 16.6. The normalized spacial score (nSPS) is 11.5. The van der Waals surface area contributed by atoms with Gasteiger partial charge in [0.2, 0.25) is 0 Å². The number of para-hydroxylation sites is 1. The van der Waals surface area contributed by atoms with Crippen molar-refractivity contribution in [3.63, 3.8) is 0 Å². The van der Waals surface area contributed by atoms with Crippen LogP contribution in [0.2, 0.25) is 0 Å². The smallest absolute Gasteiger partial charge is 0.304 e. The zero-order valence-corrected chi connectivity index (χ0v) is 12.8. The molecule has 0 atom stereocenters. The van der Waals surface area contributed by atoms with Crippen molar-refractivity contribution in [1.82, 2.24) is 10.2 Å². The topological polar surface area (TPSA) is 102 Å². The first-order chi connectivity index (χ1) is 9.64. The number of amides is 1. The second kappa shape index (κ2) is 6.53. The van der Waals surface area contributed by atoms with Gasteiger partial charge < -0.3 is 16.0 Å². The minimum Gasteiger partial charge on any atom is -0.393 e. The largest absolute Gasteiger partial charge is 0.393 e. The van der Waals surface area contributed by atoms with E-state index in [2.05, 4.69) is 5.32 Å². The van der Waals surface area contributed by atoms with Crippen LogP contribution in [0.25, 0.3) is 0 Å². The Morgan fingerprint density at radius 1 is 1.43 bits per heavy atom. The summed E-state index contributed by atoms with van der Waals surface area (Å²) < 4.78 is 0. The Hall–Kier alpha value is -2.15. The molecule has 1 rings (SSSR count). The second-order valence-corrected chi connectivity index (χ2v) is 6.09. The van der Waals surface area contributed by atoms with E-state index in [1.165, 1.54) is 18.2 Å². The minimum atomic E-state index is -0.630. The van der Waals surface area contributed by atoms with Crippen LogP contribution in [0, 0.1) is 15.5 Å². The van der Waals surface area contributed by atoms with Crippen molar-refractivity contribution in [1.29, 1.82) is 0 Å². The predicted octanol–water partition coefficient (Wildman–Crippen LogP) is 1.49. The highest BCUT2D eigenvalue weighted by Crippen LogP contribution is 2.26. The van der Waals surface area contributed by atoms with Gasteiger partial charge in [-0.3, -0.25) is 14.9 Å². The number of nitrogens with two attached hydrogens (primary N) is 1. The van der Waals surface area contributed by atoms with Gasteiger partial charge in [-0.15, -0.1) is 0 Å². The number of nitrogen functional groups attached to an aromatic ring is 1. The van der Waals surface area contributed by atoms with Crippen LogP contribution in [-0.4, -0.2) is 42.9 Å². The van der Waals surface area contributed by atoms with Crippen LogP contribution in [0.3, 0.4) is 0 Å². The van der Waals surface area contributed by atoms with E-state index in [0.717, 1.165) is 6.54 Å². The third-order valence-corrected chi connectivity index (χ3v) is 2.97. The average molecular weight is 294 g/mol. The summed E-state index contributed by atoms with van der Waals surface area (Å²) in [5.74, 6) is -0.485. The van der Waals surface area contributed by atoms with E-state index in [4.69, 9.17) is 5.73 Å². The molecule has 0 unspecified atom stereocenters. The summed E-state index contributed by atoms with van der Waals surface area (Å²) in [4.78, 5) is 24.6. The van der Waals surface area contributed by atoms with Crippen LogP contribution in [-0.2, 0) is 0 Å². The molecule has 3 N–H and O–H groups in total. The van der Waals surface area contributed by atoms with E-state index in [1.54, 1.807) is 0 Å². The maximum atomic E-state index is 12.2. The molecule has 0 radical (unpaired) electrons. The van der Waals surface area contributed by atoms with E-state index < -0.39 is 10.8 Å². The number of hydrogen-bond acceptors (Lipinski definition) is 5. The molecular weight excluding hydrogens is 272 g/mol. The average Bonchev–Trinajstić information content (AvgIpc) is 2.33. The molecule has 0 bridgehead atoms. The molecule has 0 saturated heterocycles. The lowest BCUT2D eigenvalue weighted by atomic mass is 9.93. The molecule has 1 aromatic rings. The van der Waals surface area contributed by atoms with Gasteiger partial charge in [0.15, 0.2) is 0 Å². The molecule has 1 amide bonds. The fraction of sp³-hybridized carbons (Fsp3) is 0.500. The SMILES string of the molecule is CN(C)CC(C)(C)CNC(=O)c1cccc(N)c1[N+](=O)[O-]. The molecule has 0 aliphatic rings. The lowest BCUT2D eigenvalue weighted by Crippen LogP contribution is -2.40. The first-order valence-corrected chi connectivity index (χ1v) is 6.60. The van der Waals surface area contributed by atoms with Gasteiger partial charge in [-0.05, 0) is 31.6 Å². The third kappa shape index (κ3) is 4.71. The number of nitrogens with zero attached hydrogens (tertiary/aromatic N) is 2. The fourth-order valence-corrected chi connectivity index (χ4v) is 2.28. The van der Waals surface area contributed by atoms with Crippen LogP contribution in [0.1, 0.15) is 24.2 Å². The van der Waals surface area contributed by atoms with E-state index in [-0.39, 0.29) is 22.4 Å². The molecule has 116 valence electrons. The quantitative estimate of drug-likeness (QED) is 0.470. The zero-order valence-electron chi connectivity index (χ0n) is 12.8. The van der Waals surface area contributed by atoms with Crippen LogP contribution in [0.5, 0.6) is 0 Å². The highest BCUT2D eigenvalue weighted by molar-refractivity contribution is 6.00. The molecule has 0 saturated carbocycles. The van der Waals surface area contributed by atoms with Gasteiger partial charge in [-0.1, -0.05) is 19.9 Å². The Kier molecular flexibility index (Phi) is 5.26. The van der Waals surface area contributed by atoms with Crippen molar-refractivity contribution in [3.05, 3.63) is 33.9 Å². The summed E-state index contributed by atoms with van der Waals surface area (Å²) in [6.07, 6.45) is 0. The molecule has 7 nitrogen and oxygen atoms in total. The number of rotatable bonds is 6. The van der Waals surface area contributed by atoms with Gasteiger partial charge in [0, 0.05) is 13.1 Å². The second-order valence-electron chi connectivity index (χ2n) is 6.09. The summed E-state index contributed by atoms with van der Waals surface area (Å²) in [5, 5.41) is 13.8. The Bertz CT molecular complexity index is 541. The number of nitrogens with one attached hydrogen (secondary N) is 1. The highest BCUT2D eigenvalue weighted by Gasteiger charge is 2.25. The third-order valence-electron chi connectivity index (χ3n) is 2.97. The Balaban J connectivity index is 2.87. The molecule has 0 spiro atoms. The maximum Gasteiger partial charge on any atom is 0.304 e. The summed E-state index contributed by atoms with van der Waals surface area (Å²) in [7, 11) is 3.90. The molecule has 0 aliphatic carbocycles. The van der Waals surface area contributed by atoms with Crippen molar-refractivity contribution >= 4 is 17.3 Å². The monoisotopic (exact) mass is 294 g/mol. The van der Waals surface area contributed by atoms with E-state index in [9.17, 15) is 14.9 Å². The number of benzene rings is 1. The first kappa shape index (κ1) is 16.9. The van der Waals surface area contributed by atoms with E-state index >= 15 is 0 Å². The Labute approximate surface area is 124 Å². The van der Waals surface area contributed by atoms with Gasteiger partial charge in [-0.2, -0.15) is 0 Å². The van der Waals surface area contributed by atoms with Crippen LogP contribution in [0.4, 0.5) is 11.4 Å². The van der Waals surface area contributed by atoms with Crippen molar-refractivity contribution in [2.24, 2.45) is 5.41 Å². The van der Waals surface area contributed by atoms with Gasteiger partial charge in [0.1, 0.15) is 11.3 Å². The minimum absolute atomic E-state index is 0.0133. The van der Waals surface area contributed by atoms with Crippen LogP contribution in [0.15, 0.2) is 18.2 Å². The molecule has 0 heterocycles. The van der Waals surface area contributed by atoms with Gasteiger partial charge in [0.05, 0.1) is 4.92 Å². The lowest BCUT2D eigenvalue weighted by molar-refractivity contribution is -0.384. The van der Waals surface area contributed by atoms with Gasteiger partial charge in [0.25, 0.3) is 5.91 Å². The number of anilines is 1.